The van der Waals surface area contributed by atoms with Gasteiger partial charge in [-0.15, -0.1) is 0 Å². The van der Waals surface area contributed by atoms with Gasteiger partial charge in [-0.1, -0.05) is 18.2 Å². The molecule has 0 aromatic heterocycles. The van der Waals surface area contributed by atoms with Gasteiger partial charge < -0.3 is 14.6 Å². The minimum atomic E-state index is -4.54. The standard InChI is InChI=1S/C29H35F4NO4/c1-4-37-28(36)12-10-22-9-11-23(29(31,32)33)16-26(22)20(3)38-18-25(35)17-34-13-5-6-24(34)14-21-8-7-19(2)27(30)15-21/h7-12,15-16,20,24-25,35H,4-6,13-14,17-18H2,1-3H3/b12-10+/t20-,24+,25?/m1/s1. The van der Waals surface area contributed by atoms with Crippen LogP contribution in [0.3, 0.4) is 0 Å². The number of rotatable bonds is 11. The molecule has 2 aromatic rings. The smallest absolute Gasteiger partial charge is 0.416 e. The fourth-order valence-electron chi connectivity index (χ4n) is 4.67. The average molecular weight is 538 g/mol. The van der Waals surface area contributed by atoms with Crippen molar-refractivity contribution in [2.75, 3.05) is 26.3 Å². The topological polar surface area (TPSA) is 59.0 Å². The first-order valence-corrected chi connectivity index (χ1v) is 12.8. The Kier molecular flexibility index (Phi) is 10.5. The Morgan fingerprint density at radius 3 is 2.68 bits per heavy atom. The van der Waals surface area contributed by atoms with Crippen molar-refractivity contribution in [2.45, 2.75) is 64.5 Å². The molecular weight excluding hydrogens is 502 g/mol. The van der Waals surface area contributed by atoms with E-state index in [-0.39, 0.29) is 30.6 Å². The molecule has 0 bridgehead atoms. The molecule has 208 valence electrons. The van der Waals surface area contributed by atoms with Gasteiger partial charge in [0.15, 0.2) is 0 Å². The van der Waals surface area contributed by atoms with E-state index in [1.807, 2.05) is 6.07 Å². The summed E-state index contributed by atoms with van der Waals surface area (Å²) in [4.78, 5) is 13.8. The highest BCUT2D eigenvalue weighted by Crippen LogP contribution is 2.33. The number of β-amino-alcohol motifs (C(OH)–C–C–N with tert-alkyl or cyclic N) is 1. The Hall–Kier alpha value is -2.75. The third-order valence-electron chi connectivity index (χ3n) is 6.73. The van der Waals surface area contributed by atoms with Crippen molar-refractivity contribution in [1.29, 1.82) is 0 Å². The van der Waals surface area contributed by atoms with Crippen LogP contribution < -0.4 is 0 Å². The van der Waals surface area contributed by atoms with E-state index in [1.54, 1.807) is 32.9 Å². The molecule has 1 aliphatic rings. The third kappa shape index (κ3) is 8.38. The maximum Gasteiger partial charge on any atom is 0.416 e. The minimum Gasteiger partial charge on any atom is -0.463 e. The molecule has 1 unspecified atom stereocenters. The van der Waals surface area contributed by atoms with Crippen LogP contribution in [0.4, 0.5) is 17.6 Å². The van der Waals surface area contributed by atoms with Gasteiger partial charge in [-0.3, -0.25) is 4.90 Å². The molecule has 1 fully saturated rings. The molecule has 5 nitrogen and oxygen atoms in total. The van der Waals surface area contributed by atoms with E-state index in [0.717, 1.165) is 43.2 Å². The molecule has 3 rings (SSSR count). The van der Waals surface area contributed by atoms with Crippen molar-refractivity contribution in [2.24, 2.45) is 0 Å². The van der Waals surface area contributed by atoms with E-state index in [0.29, 0.717) is 24.1 Å². The summed E-state index contributed by atoms with van der Waals surface area (Å²) in [5.41, 5.74) is 1.30. The summed E-state index contributed by atoms with van der Waals surface area (Å²) in [6.45, 7) is 6.21. The van der Waals surface area contributed by atoms with Gasteiger partial charge in [0.1, 0.15) is 5.82 Å². The molecule has 1 saturated heterocycles. The monoisotopic (exact) mass is 537 g/mol. The van der Waals surface area contributed by atoms with Crippen molar-refractivity contribution in [3.8, 4) is 0 Å². The molecule has 1 aliphatic heterocycles. The summed E-state index contributed by atoms with van der Waals surface area (Å²) < 4.78 is 64.7. The summed E-state index contributed by atoms with van der Waals surface area (Å²) in [5.74, 6) is -0.837. The van der Waals surface area contributed by atoms with Crippen LogP contribution in [0.2, 0.25) is 0 Å². The summed E-state index contributed by atoms with van der Waals surface area (Å²) in [5, 5.41) is 10.7. The van der Waals surface area contributed by atoms with Gasteiger partial charge in [-0.2, -0.15) is 13.2 Å². The molecule has 0 aliphatic carbocycles. The third-order valence-corrected chi connectivity index (χ3v) is 6.73. The molecule has 2 aromatic carbocycles. The molecular formula is C29H35F4NO4. The zero-order chi connectivity index (χ0) is 27.9. The van der Waals surface area contributed by atoms with Crippen LogP contribution in [0.1, 0.15) is 60.6 Å². The maximum atomic E-state index is 14.0. The lowest BCUT2D eigenvalue weighted by molar-refractivity contribution is -0.138. The van der Waals surface area contributed by atoms with E-state index in [9.17, 15) is 27.5 Å². The molecule has 0 saturated carbocycles. The average Bonchev–Trinajstić information content (AvgIpc) is 3.29. The molecule has 0 radical (unpaired) electrons. The van der Waals surface area contributed by atoms with E-state index < -0.39 is 29.9 Å². The second kappa shape index (κ2) is 13.4. The van der Waals surface area contributed by atoms with Crippen LogP contribution in [0, 0.1) is 12.7 Å². The molecule has 0 amide bonds. The number of halogens is 4. The van der Waals surface area contributed by atoms with Crippen LogP contribution >= 0.6 is 0 Å². The number of ether oxygens (including phenoxy) is 2. The van der Waals surface area contributed by atoms with E-state index in [1.165, 1.54) is 12.1 Å². The highest BCUT2D eigenvalue weighted by atomic mass is 19.4. The lowest BCUT2D eigenvalue weighted by Gasteiger charge is -2.28. The van der Waals surface area contributed by atoms with Crippen LogP contribution in [0.25, 0.3) is 6.08 Å². The van der Waals surface area contributed by atoms with Gasteiger partial charge in [0.05, 0.1) is 31.0 Å². The van der Waals surface area contributed by atoms with Crippen LogP contribution in [-0.4, -0.2) is 54.4 Å². The summed E-state index contributed by atoms with van der Waals surface area (Å²) in [6, 6.07) is 8.62. The van der Waals surface area contributed by atoms with Crippen LogP contribution in [-0.2, 0) is 26.9 Å². The summed E-state index contributed by atoms with van der Waals surface area (Å²) >= 11 is 0. The molecule has 3 atom stereocenters. The SMILES string of the molecule is CCOC(=O)/C=C/c1ccc(C(F)(F)F)cc1[C@@H](C)OCC(O)CN1CCC[C@H]1Cc1ccc(C)c(F)c1. The van der Waals surface area contributed by atoms with E-state index in [4.69, 9.17) is 9.47 Å². The van der Waals surface area contributed by atoms with E-state index in [2.05, 4.69) is 4.90 Å². The maximum absolute atomic E-state index is 14.0. The number of esters is 1. The predicted octanol–water partition coefficient (Wildman–Crippen LogP) is 5.87. The van der Waals surface area contributed by atoms with Crippen LogP contribution in [0.15, 0.2) is 42.5 Å². The quantitative estimate of drug-likeness (QED) is 0.221. The molecule has 0 spiro atoms. The second-order valence-corrected chi connectivity index (χ2v) is 9.63. The first kappa shape index (κ1) is 29.8. The highest BCUT2D eigenvalue weighted by molar-refractivity contribution is 5.87. The number of carbonyl (C=O) groups is 1. The van der Waals surface area contributed by atoms with Crippen molar-refractivity contribution in [3.05, 3.63) is 76.1 Å². The number of nitrogens with zero attached hydrogens (tertiary/aromatic N) is 1. The Balaban J connectivity index is 1.64. The lowest BCUT2D eigenvalue weighted by atomic mass is 9.99. The van der Waals surface area contributed by atoms with Crippen LogP contribution in [0.5, 0.6) is 0 Å². The van der Waals surface area contributed by atoms with Gasteiger partial charge in [0, 0.05) is 18.7 Å². The fraction of sp³-hybridized carbons (Fsp3) is 0.483. The second-order valence-electron chi connectivity index (χ2n) is 9.63. The number of benzene rings is 2. The molecule has 1 N–H and O–H groups in total. The summed E-state index contributed by atoms with van der Waals surface area (Å²) in [6.07, 6.45) is -1.07. The van der Waals surface area contributed by atoms with Gasteiger partial charge in [-0.05, 0) is 93.1 Å². The number of likely N-dealkylation sites (tertiary alicyclic amines) is 1. The van der Waals surface area contributed by atoms with Crippen molar-refractivity contribution < 1.29 is 36.9 Å². The minimum absolute atomic E-state index is 0.0825. The number of aliphatic hydroxyl groups is 1. The number of aryl methyl sites for hydroxylation is 1. The Morgan fingerprint density at radius 1 is 1.24 bits per heavy atom. The van der Waals surface area contributed by atoms with Crippen molar-refractivity contribution in [1.82, 2.24) is 4.90 Å². The Labute approximate surface area is 221 Å². The zero-order valence-electron chi connectivity index (χ0n) is 21.9. The first-order chi connectivity index (χ1) is 18.0. The molecule has 38 heavy (non-hydrogen) atoms. The van der Waals surface area contributed by atoms with E-state index >= 15 is 0 Å². The largest absolute Gasteiger partial charge is 0.463 e. The van der Waals surface area contributed by atoms with Gasteiger partial charge in [0.2, 0.25) is 0 Å². The number of alkyl halides is 3. The Morgan fingerprint density at radius 2 is 2.00 bits per heavy atom. The number of hydrogen-bond acceptors (Lipinski definition) is 5. The number of carbonyl (C=O) groups excluding carboxylic acids is 1. The summed E-state index contributed by atoms with van der Waals surface area (Å²) in [7, 11) is 0. The zero-order valence-corrected chi connectivity index (χ0v) is 21.9. The fourth-order valence-corrected chi connectivity index (χ4v) is 4.67. The van der Waals surface area contributed by atoms with Crippen molar-refractivity contribution in [3.63, 3.8) is 0 Å². The van der Waals surface area contributed by atoms with Gasteiger partial charge in [0.25, 0.3) is 0 Å². The van der Waals surface area contributed by atoms with Gasteiger partial charge >= 0.3 is 12.1 Å². The highest BCUT2D eigenvalue weighted by Gasteiger charge is 2.32. The number of aliphatic hydroxyl groups excluding tert-OH is 1. The Bertz CT molecular complexity index is 1120. The molecule has 9 heteroatoms. The molecule has 1 heterocycles. The van der Waals surface area contributed by atoms with Crippen molar-refractivity contribution >= 4 is 12.0 Å². The van der Waals surface area contributed by atoms with Gasteiger partial charge in [-0.25, -0.2) is 9.18 Å². The normalized spacial score (nSPS) is 18.2. The first-order valence-electron chi connectivity index (χ1n) is 12.8. The predicted molar refractivity (Wildman–Crippen MR) is 137 cm³/mol. The number of hydrogen-bond donors (Lipinski definition) is 1. The lowest BCUT2D eigenvalue weighted by Crippen LogP contribution is -2.39.